The van der Waals surface area contributed by atoms with Gasteiger partial charge in [-0.2, -0.15) is 5.10 Å². The third-order valence-electron chi connectivity index (χ3n) is 2.72. The van der Waals surface area contributed by atoms with Gasteiger partial charge in [-0.1, -0.05) is 33.6 Å². The van der Waals surface area contributed by atoms with Gasteiger partial charge in [0.1, 0.15) is 0 Å². The molecule has 0 aliphatic heterocycles. The fourth-order valence-corrected chi connectivity index (χ4v) is 3.31. The Bertz CT molecular complexity index is 568. The number of nitrogens with zero attached hydrogens (tertiary/aromatic N) is 2. The van der Waals surface area contributed by atoms with Crippen molar-refractivity contribution in [2.45, 2.75) is 19.5 Å². The van der Waals surface area contributed by atoms with Crippen LogP contribution in [0, 0.1) is 0 Å². The summed E-state index contributed by atoms with van der Waals surface area (Å²) in [5.74, 6) is 0. The van der Waals surface area contributed by atoms with Crippen LogP contribution in [0.2, 0.25) is 5.02 Å². The van der Waals surface area contributed by atoms with Crippen molar-refractivity contribution < 1.29 is 0 Å². The molecule has 1 heterocycles. The van der Waals surface area contributed by atoms with Crippen molar-refractivity contribution in [2.75, 3.05) is 0 Å². The Kier molecular flexibility index (Phi) is 4.48. The van der Waals surface area contributed by atoms with Gasteiger partial charge in [-0.25, -0.2) is 0 Å². The average molecular weight is 394 g/mol. The zero-order valence-electron chi connectivity index (χ0n) is 9.70. The number of aromatic nitrogens is 2. The van der Waals surface area contributed by atoms with Crippen LogP contribution in [-0.2, 0) is 6.54 Å². The van der Waals surface area contributed by atoms with Gasteiger partial charge in [0, 0.05) is 16.0 Å². The van der Waals surface area contributed by atoms with E-state index in [0.29, 0.717) is 5.02 Å². The van der Waals surface area contributed by atoms with Crippen molar-refractivity contribution in [3.8, 4) is 0 Å². The second kappa shape index (κ2) is 5.74. The maximum atomic E-state index is 6.32. The molecule has 0 amide bonds. The summed E-state index contributed by atoms with van der Waals surface area (Å²) in [5, 5.41) is 4.96. The van der Waals surface area contributed by atoms with Crippen LogP contribution in [0.15, 0.2) is 33.3 Å². The van der Waals surface area contributed by atoms with E-state index in [1.165, 1.54) is 0 Å². The van der Waals surface area contributed by atoms with Crippen LogP contribution in [0.1, 0.15) is 24.2 Å². The largest absolute Gasteiger partial charge is 0.319 e. The van der Waals surface area contributed by atoms with Crippen molar-refractivity contribution in [1.82, 2.24) is 9.78 Å². The van der Waals surface area contributed by atoms with Crippen LogP contribution in [0.5, 0.6) is 0 Å². The molecule has 3 nitrogen and oxygen atoms in total. The quantitative estimate of drug-likeness (QED) is 0.852. The Morgan fingerprint density at radius 2 is 2.11 bits per heavy atom. The molecule has 1 atom stereocenters. The minimum Gasteiger partial charge on any atom is -0.319 e. The van der Waals surface area contributed by atoms with E-state index in [0.717, 1.165) is 26.7 Å². The van der Waals surface area contributed by atoms with Crippen molar-refractivity contribution in [1.29, 1.82) is 0 Å². The summed E-state index contributed by atoms with van der Waals surface area (Å²) in [7, 11) is 0. The van der Waals surface area contributed by atoms with E-state index < -0.39 is 0 Å². The Hall–Kier alpha value is -0.360. The van der Waals surface area contributed by atoms with Crippen molar-refractivity contribution in [3.63, 3.8) is 0 Å². The highest BCUT2D eigenvalue weighted by Gasteiger charge is 2.19. The number of aryl methyl sites for hydroxylation is 1. The number of rotatable bonds is 3. The molecule has 96 valence electrons. The Labute approximate surface area is 128 Å². The van der Waals surface area contributed by atoms with E-state index in [4.69, 9.17) is 17.3 Å². The minimum absolute atomic E-state index is 0.256. The molecule has 1 aromatic heterocycles. The van der Waals surface area contributed by atoms with E-state index >= 15 is 0 Å². The van der Waals surface area contributed by atoms with E-state index in [1.54, 1.807) is 6.20 Å². The lowest BCUT2D eigenvalue weighted by Crippen LogP contribution is -2.18. The molecule has 0 aliphatic carbocycles. The normalized spacial score (nSPS) is 12.7. The highest BCUT2D eigenvalue weighted by atomic mass is 79.9. The monoisotopic (exact) mass is 391 g/mol. The number of hydrogen-bond donors (Lipinski definition) is 1. The van der Waals surface area contributed by atoms with Crippen LogP contribution >= 0.6 is 43.5 Å². The van der Waals surface area contributed by atoms with Crippen LogP contribution in [-0.4, -0.2) is 9.78 Å². The Morgan fingerprint density at radius 1 is 1.39 bits per heavy atom. The van der Waals surface area contributed by atoms with Gasteiger partial charge in [-0.3, -0.25) is 4.68 Å². The molecular weight excluding hydrogens is 381 g/mol. The van der Waals surface area contributed by atoms with Gasteiger partial charge in [0.2, 0.25) is 0 Å². The zero-order chi connectivity index (χ0) is 13.3. The summed E-state index contributed by atoms with van der Waals surface area (Å²) >= 11 is 12.9. The molecule has 2 rings (SSSR count). The first-order chi connectivity index (χ1) is 8.54. The maximum absolute atomic E-state index is 6.32. The van der Waals surface area contributed by atoms with Gasteiger partial charge in [0.05, 0.1) is 22.4 Å². The van der Waals surface area contributed by atoms with Crippen LogP contribution in [0.25, 0.3) is 0 Å². The Balaban J connectivity index is 2.47. The fraction of sp³-hybridized carbons (Fsp3) is 0.250. The second-order valence-electron chi connectivity index (χ2n) is 3.84. The predicted octanol–water partition coefficient (Wildman–Crippen LogP) is 4.13. The molecule has 0 aliphatic rings. The molecular formula is C12H12Br2ClN3. The lowest BCUT2D eigenvalue weighted by molar-refractivity contribution is 0.599. The van der Waals surface area contributed by atoms with E-state index in [2.05, 4.69) is 37.0 Å². The van der Waals surface area contributed by atoms with Crippen molar-refractivity contribution in [2.24, 2.45) is 5.73 Å². The zero-order valence-corrected chi connectivity index (χ0v) is 13.6. The molecule has 6 heteroatoms. The topological polar surface area (TPSA) is 43.8 Å². The van der Waals surface area contributed by atoms with Gasteiger partial charge >= 0.3 is 0 Å². The van der Waals surface area contributed by atoms with Crippen LogP contribution < -0.4 is 5.73 Å². The third-order valence-corrected chi connectivity index (χ3v) is 4.26. The molecule has 0 bridgehead atoms. The first kappa shape index (κ1) is 14.1. The lowest BCUT2D eigenvalue weighted by atomic mass is 10.0. The minimum atomic E-state index is -0.256. The fourth-order valence-electron chi connectivity index (χ4n) is 1.83. The van der Waals surface area contributed by atoms with Crippen molar-refractivity contribution >= 4 is 43.5 Å². The molecule has 1 unspecified atom stereocenters. The standard InChI is InChI=1S/C12H12Br2ClN3/c1-2-18-12(10(14)6-17-18)11(16)8-4-3-7(15)5-9(8)13/h3-6,11H,2,16H2,1H3. The maximum Gasteiger partial charge on any atom is 0.0745 e. The first-order valence-electron chi connectivity index (χ1n) is 5.46. The summed E-state index contributed by atoms with van der Waals surface area (Å²) < 4.78 is 3.70. The molecule has 18 heavy (non-hydrogen) atoms. The summed E-state index contributed by atoms with van der Waals surface area (Å²) in [5.41, 5.74) is 8.27. The van der Waals surface area contributed by atoms with Crippen LogP contribution in [0.4, 0.5) is 0 Å². The molecule has 2 N–H and O–H groups in total. The molecule has 2 aromatic rings. The van der Waals surface area contributed by atoms with Gasteiger partial charge in [0.25, 0.3) is 0 Å². The molecule has 0 saturated carbocycles. The average Bonchev–Trinajstić information content (AvgIpc) is 2.69. The molecule has 0 saturated heterocycles. The van der Waals surface area contributed by atoms with E-state index in [9.17, 15) is 0 Å². The Morgan fingerprint density at radius 3 is 2.72 bits per heavy atom. The molecule has 1 aromatic carbocycles. The third kappa shape index (κ3) is 2.64. The van der Waals surface area contributed by atoms with Crippen LogP contribution in [0.3, 0.4) is 0 Å². The summed E-state index contributed by atoms with van der Waals surface area (Å²) in [4.78, 5) is 0. The van der Waals surface area contributed by atoms with E-state index in [1.807, 2.05) is 29.8 Å². The lowest BCUT2D eigenvalue weighted by Gasteiger charge is -2.16. The second-order valence-corrected chi connectivity index (χ2v) is 5.98. The number of benzene rings is 1. The van der Waals surface area contributed by atoms with E-state index in [-0.39, 0.29) is 6.04 Å². The number of nitrogens with two attached hydrogens (primary N) is 1. The molecule has 0 fully saturated rings. The van der Waals surface area contributed by atoms with Crippen molar-refractivity contribution in [3.05, 3.63) is 49.6 Å². The van der Waals surface area contributed by atoms with Gasteiger partial charge in [-0.15, -0.1) is 0 Å². The highest BCUT2D eigenvalue weighted by molar-refractivity contribution is 9.10. The highest BCUT2D eigenvalue weighted by Crippen LogP contribution is 2.32. The first-order valence-corrected chi connectivity index (χ1v) is 7.42. The number of halogens is 3. The van der Waals surface area contributed by atoms with Gasteiger partial charge < -0.3 is 5.73 Å². The summed E-state index contributed by atoms with van der Waals surface area (Å²) in [6.07, 6.45) is 1.77. The molecule has 0 spiro atoms. The SMILES string of the molecule is CCn1ncc(Br)c1C(N)c1ccc(Cl)cc1Br. The predicted molar refractivity (Wildman–Crippen MR) is 80.8 cm³/mol. The summed E-state index contributed by atoms with van der Waals surface area (Å²) in [6.45, 7) is 2.81. The molecule has 0 radical (unpaired) electrons. The van der Waals surface area contributed by atoms with Gasteiger partial charge in [0.15, 0.2) is 0 Å². The van der Waals surface area contributed by atoms with Gasteiger partial charge in [-0.05, 0) is 40.5 Å². The number of hydrogen-bond acceptors (Lipinski definition) is 2. The smallest absolute Gasteiger partial charge is 0.0745 e. The summed E-state index contributed by atoms with van der Waals surface area (Å²) in [6, 6.07) is 5.35.